The third-order valence-corrected chi connectivity index (χ3v) is 5.36. The third-order valence-electron chi connectivity index (χ3n) is 5.36. The second kappa shape index (κ2) is 7.06. The first-order valence-electron chi connectivity index (χ1n) is 9.46. The molecule has 0 amide bonds. The van der Waals surface area contributed by atoms with Crippen LogP contribution in [0.15, 0.2) is 30.3 Å². The molecule has 0 aliphatic carbocycles. The minimum Gasteiger partial charge on any atom is -0.374 e. The van der Waals surface area contributed by atoms with Gasteiger partial charge in [0.1, 0.15) is 5.82 Å². The SMILES string of the molecule is CCCCCc1nc([C@@H]2C[C@@H]3CC[C@H]2O3)n(Cc2ccccc2)n1. The number of ether oxygens (including phenoxy) is 1. The fraction of sp³-hybridized carbons (Fsp3) is 0.600. The van der Waals surface area contributed by atoms with Crippen LogP contribution in [0.4, 0.5) is 0 Å². The Balaban J connectivity index is 1.57. The second-order valence-corrected chi connectivity index (χ2v) is 7.20. The number of benzene rings is 1. The van der Waals surface area contributed by atoms with E-state index >= 15 is 0 Å². The molecule has 0 N–H and O–H groups in total. The van der Waals surface area contributed by atoms with Crippen molar-refractivity contribution in [2.45, 2.75) is 76.5 Å². The zero-order valence-electron chi connectivity index (χ0n) is 14.5. The first-order chi connectivity index (χ1) is 11.8. The summed E-state index contributed by atoms with van der Waals surface area (Å²) in [6, 6.07) is 10.6. The van der Waals surface area contributed by atoms with E-state index in [1.54, 1.807) is 0 Å². The number of aryl methyl sites for hydroxylation is 1. The van der Waals surface area contributed by atoms with Gasteiger partial charge < -0.3 is 4.74 Å². The van der Waals surface area contributed by atoms with Gasteiger partial charge in [0.2, 0.25) is 0 Å². The van der Waals surface area contributed by atoms with E-state index in [0.29, 0.717) is 18.1 Å². The Morgan fingerprint density at radius 3 is 2.75 bits per heavy atom. The molecule has 4 rings (SSSR count). The summed E-state index contributed by atoms with van der Waals surface area (Å²) in [4.78, 5) is 4.95. The van der Waals surface area contributed by atoms with Crippen LogP contribution in [0.2, 0.25) is 0 Å². The Morgan fingerprint density at radius 2 is 2.04 bits per heavy atom. The van der Waals surface area contributed by atoms with Gasteiger partial charge in [0, 0.05) is 12.3 Å². The predicted molar refractivity (Wildman–Crippen MR) is 94.0 cm³/mol. The van der Waals surface area contributed by atoms with Crippen LogP contribution in [0.5, 0.6) is 0 Å². The number of hydrogen-bond donors (Lipinski definition) is 0. The predicted octanol–water partition coefficient (Wildman–Crippen LogP) is 4.09. The zero-order chi connectivity index (χ0) is 16.4. The Morgan fingerprint density at radius 1 is 1.17 bits per heavy atom. The molecule has 4 nitrogen and oxygen atoms in total. The van der Waals surface area contributed by atoms with Gasteiger partial charge >= 0.3 is 0 Å². The van der Waals surface area contributed by atoms with Crippen molar-refractivity contribution >= 4 is 0 Å². The molecule has 2 fully saturated rings. The zero-order valence-corrected chi connectivity index (χ0v) is 14.5. The van der Waals surface area contributed by atoms with E-state index < -0.39 is 0 Å². The highest BCUT2D eigenvalue weighted by atomic mass is 16.5. The van der Waals surface area contributed by atoms with E-state index in [1.165, 1.54) is 37.7 Å². The van der Waals surface area contributed by atoms with Crippen molar-refractivity contribution in [3.8, 4) is 0 Å². The second-order valence-electron chi connectivity index (χ2n) is 7.20. The molecule has 0 radical (unpaired) electrons. The highest BCUT2D eigenvalue weighted by molar-refractivity contribution is 5.17. The monoisotopic (exact) mass is 325 g/mol. The number of unbranched alkanes of at least 4 members (excludes halogenated alkanes) is 2. The molecule has 4 heteroatoms. The van der Waals surface area contributed by atoms with Crippen molar-refractivity contribution in [3.05, 3.63) is 47.5 Å². The molecule has 1 aromatic heterocycles. The highest BCUT2D eigenvalue weighted by Crippen LogP contribution is 2.44. The minimum atomic E-state index is 0.359. The molecule has 0 unspecified atom stereocenters. The van der Waals surface area contributed by atoms with Crippen molar-refractivity contribution < 1.29 is 4.74 Å². The summed E-state index contributed by atoms with van der Waals surface area (Å²) < 4.78 is 8.22. The van der Waals surface area contributed by atoms with Crippen molar-refractivity contribution in [2.75, 3.05) is 0 Å². The van der Waals surface area contributed by atoms with Crippen LogP contribution in [0, 0.1) is 0 Å². The van der Waals surface area contributed by atoms with Crippen molar-refractivity contribution in [3.63, 3.8) is 0 Å². The number of aromatic nitrogens is 3. The fourth-order valence-corrected chi connectivity index (χ4v) is 4.10. The Labute approximate surface area is 144 Å². The molecule has 2 aliphatic heterocycles. The summed E-state index contributed by atoms with van der Waals surface area (Å²) in [6.07, 6.45) is 8.98. The lowest BCUT2D eigenvalue weighted by molar-refractivity contribution is 0.0995. The molecule has 3 heterocycles. The molecular weight excluding hydrogens is 298 g/mol. The van der Waals surface area contributed by atoms with Gasteiger partial charge in [0.05, 0.1) is 18.8 Å². The average Bonchev–Trinajstić information content (AvgIpc) is 3.31. The molecule has 2 saturated heterocycles. The normalized spacial score (nSPS) is 25.5. The molecular formula is C20H27N3O. The first-order valence-corrected chi connectivity index (χ1v) is 9.46. The number of nitrogens with zero attached hydrogens (tertiary/aromatic N) is 3. The summed E-state index contributed by atoms with van der Waals surface area (Å²) >= 11 is 0. The lowest BCUT2D eigenvalue weighted by atomic mass is 9.88. The summed E-state index contributed by atoms with van der Waals surface area (Å²) in [5, 5.41) is 4.86. The molecule has 3 atom stereocenters. The quantitative estimate of drug-likeness (QED) is 0.720. The fourth-order valence-electron chi connectivity index (χ4n) is 4.10. The topological polar surface area (TPSA) is 39.9 Å². The van der Waals surface area contributed by atoms with Gasteiger partial charge in [-0.3, -0.25) is 0 Å². The van der Waals surface area contributed by atoms with Gasteiger partial charge in [-0.2, -0.15) is 5.10 Å². The number of hydrogen-bond acceptors (Lipinski definition) is 3. The van der Waals surface area contributed by atoms with E-state index in [1.807, 2.05) is 0 Å². The van der Waals surface area contributed by atoms with E-state index in [-0.39, 0.29) is 0 Å². The van der Waals surface area contributed by atoms with Gasteiger partial charge in [-0.15, -0.1) is 0 Å². The molecule has 0 spiro atoms. The van der Waals surface area contributed by atoms with E-state index in [2.05, 4.69) is 41.9 Å². The minimum absolute atomic E-state index is 0.359. The molecule has 1 aromatic carbocycles. The molecule has 128 valence electrons. The van der Waals surface area contributed by atoms with E-state index in [9.17, 15) is 0 Å². The van der Waals surface area contributed by atoms with E-state index in [4.69, 9.17) is 14.8 Å². The largest absolute Gasteiger partial charge is 0.374 e. The van der Waals surface area contributed by atoms with Crippen LogP contribution in [0.1, 0.15) is 68.6 Å². The molecule has 0 saturated carbocycles. The summed E-state index contributed by atoms with van der Waals surface area (Å²) in [6.45, 7) is 3.05. The number of rotatable bonds is 7. The van der Waals surface area contributed by atoms with Crippen LogP contribution >= 0.6 is 0 Å². The standard InChI is InChI=1S/C20H27N3O/c1-2-3-5-10-19-21-20(17-13-16-11-12-18(17)24-16)23(22-19)14-15-8-6-4-7-9-15/h4,6-9,16-18H,2-3,5,10-14H2,1H3/t16-,17+,18+/m0/s1. The summed E-state index contributed by atoms with van der Waals surface area (Å²) in [5.41, 5.74) is 1.29. The third kappa shape index (κ3) is 3.25. The van der Waals surface area contributed by atoms with E-state index in [0.717, 1.165) is 31.0 Å². The van der Waals surface area contributed by atoms with Crippen LogP contribution in [-0.2, 0) is 17.7 Å². The molecule has 2 aromatic rings. The average molecular weight is 325 g/mol. The maximum atomic E-state index is 6.07. The Kier molecular flexibility index (Phi) is 4.65. The van der Waals surface area contributed by atoms with Gasteiger partial charge in [0.25, 0.3) is 0 Å². The van der Waals surface area contributed by atoms with Crippen LogP contribution < -0.4 is 0 Å². The van der Waals surface area contributed by atoms with Crippen LogP contribution in [-0.4, -0.2) is 27.0 Å². The Bertz CT molecular complexity index is 667. The van der Waals surface area contributed by atoms with Crippen molar-refractivity contribution in [2.24, 2.45) is 0 Å². The van der Waals surface area contributed by atoms with Gasteiger partial charge in [-0.25, -0.2) is 9.67 Å². The number of fused-ring (bicyclic) bond motifs is 2. The first kappa shape index (κ1) is 15.8. The molecule has 2 bridgehead atoms. The van der Waals surface area contributed by atoms with Gasteiger partial charge in [0.15, 0.2) is 5.82 Å². The van der Waals surface area contributed by atoms with Crippen molar-refractivity contribution in [1.82, 2.24) is 14.8 Å². The van der Waals surface area contributed by atoms with Gasteiger partial charge in [-0.05, 0) is 31.2 Å². The maximum Gasteiger partial charge on any atom is 0.150 e. The van der Waals surface area contributed by atoms with Crippen LogP contribution in [0.25, 0.3) is 0 Å². The smallest absolute Gasteiger partial charge is 0.150 e. The summed E-state index contributed by atoms with van der Waals surface area (Å²) in [5.74, 6) is 2.59. The van der Waals surface area contributed by atoms with Crippen molar-refractivity contribution in [1.29, 1.82) is 0 Å². The van der Waals surface area contributed by atoms with Gasteiger partial charge in [-0.1, -0.05) is 50.1 Å². The molecule has 2 aliphatic rings. The Hall–Kier alpha value is -1.68. The maximum absolute atomic E-state index is 6.07. The molecule has 24 heavy (non-hydrogen) atoms. The van der Waals surface area contributed by atoms with Crippen LogP contribution in [0.3, 0.4) is 0 Å². The highest BCUT2D eigenvalue weighted by Gasteiger charge is 2.43. The summed E-state index contributed by atoms with van der Waals surface area (Å²) in [7, 11) is 0. The lowest BCUT2D eigenvalue weighted by Gasteiger charge is -2.18. The lowest BCUT2D eigenvalue weighted by Crippen LogP contribution is -2.20.